The number of rotatable bonds is 8. The zero-order chi connectivity index (χ0) is 27.2. The number of nitrogens with zero attached hydrogens (tertiary/aromatic N) is 7. The van der Waals surface area contributed by atoms with Crippen molar-refractivity contribution in [1.29, 1.82) is 0 Å². The van der Waals surface area contributed by atoms with Crippen molar-refractivity contribution in [2.75, 3.05) is 38.2 Å². The van der Waals surface area contributed by atoms with Crippen LogP contribution < -0.4 is 15.0 Å². The number of hydrogen-bond donors (Lipinski definition) is 1. The summed E-state index contributed by atoms with van der Waals surface area (Å²) in [7, 11) is 1.62. The molecule has 3 aromatic heterocycles. The molecule has 0 saturated carbocycles. The molecule has 11 nitrogen and oxygen atoms in total. The molecule has 12 heteroatoms. The third kappa shape index (κ3) is 5.99. The summed E-state index contributed by atoms with van der Waals surface area (Å²) in [5.41, 5.74) is 1.45. The molecule has 4 aromatic rings. The first-order valence-corrected chi connectivity index (χ1v) is 12.8. The highest BCUT2D eigenvalue weighted by Crippen LogP contribution is 2.24. The molecule has 1 aliphatic rings. The van der Waals surface area contributed by atoms with Crippen LogP contribution in [-0.4, -0.2) is 80.5 Å². The van der Waals surface area contributed by atoms with Gasteiger partial charge in [0.15, 0.2) is 0 Å². The van der Waals surface area contributed by atoms with Gasteiger partial charge in [-0.15, -0.1) is 0 Å². The van der Waals surface area contributed by atoms with Gasteiger partial charge >= 0.3 is 0 Å². The number of aromatic nitrogens is 5. The minimum absolute atomic E-state index is 0.163. The smallest absolute Gasteiger partial charge is 0.255 e. The maximum Gasteiger partial charge on any atom is 0.255 e. The lowest BCUT2D eigenvalue weighted by Gasteiger charge is -2.41. The topological polar surface area (TPSA) is 118 Å². The summed E-state index contributed by atoms with van der Waals surface area (Å²) in [5.74, 6) is 1.17. The predicted molar refractivity (Wildman–Crippen MR) is 145 cm³/mol. The first-order valence-electron chi connectivity index (χ1n) is 12.4. The molecule has 5 rings (SSSR count). The van der Waals surface area contributed by atoms with Crippen LogP contribution in [0.25, 0.3) is 5.95 Å². The van der Waals surface area contributed by atoms with Gasteiger partial charge in [0, 0.05) is 50.5 Å². The molecule has 0 spiro atoms. The van der Waals surface area contributed by atoms with E-state index >= 15 is 0 Å². The summed E-state index contributed by atoms with van der Waals surface area (Å²) < 4.78 is 7.07. The number of piperazine rings is 1. The van der Waals surface area contributed by atoms with E-state index in [4.69, 9.17) is 16.3 Å². The standard InChI is InChI=1S/C27H27ClN8O3/c1-39-22-7-3-2-5-19(22)8-10-31-25(37)21-17-34(26(38)20-6-4-9-29-16-20)13-14-36(21)24-15-23(28)32-27(33-24)35-12-11-30-18-35/h2-7,9,11-12,15-16,18,21H,8,10,13-14,17H2,1H3,(H,31,37). The lowest BCUT2D eigenvalue weighted by Crippen LogP contribution is -2.60. The van der Waals surface area contributed by atoms with Crippen LogP contribution in [0, 0.1) is 0 Å². The van der Waals surface area contributed by atoms with Crippen molar-refractivity contribution in [2.24, 2.45) is 0 Å². The van der Waals surface area contributed by atoms with Gasteiger partial charge in [0.2, 0.25) is 11.9 Å². The Bertz CT molecular complexity index is 1430. The van der Waals surface area contributed by atoms with Crippen LogP contribution in [0.5, 0.6) is 5.75 Å². The van der Waals surface area contributed by atoms with Crippen LogP contribution in [0.2, 0.25) is 5.15 Å². The molecule has 1 atom stereocenters. The molecule has 1 N–H and O–H groups in total. The quantitative estimate of drug-likeness (QED) is 0.335. The summed E-state index contributed by atoms with van der Waals surface area (Å²) in [6.07, 6.45) is 8.63. The minimum atomic E-state index is -0.710. The van der Waals surface area contributed by atoms with Gasteiger partial charge in [0.25, 0.3) is 5.91 Å². The van der Waals surface area contributed by atoms with Gasteiger partial charge in [-0.2, -0.15) is 4.98 Å². The molecule has 0 aliphatic carbocycles. The molecule has 1 aliphatic heterocycles. The van der Waals surface area contributed by atoms with Crippen molar-refractivity contribution in [3.05, 3.63) is 89.9 Å². The van der Waals surface area contributed by atoms with E-state index in [1.54, 1.807) is 59.7 Å². The fourth-order valence-electron chi connectivity index (χ4n) is 4.52. The second-order valence-corrected chi connectivity index (χ2v) is 9.26. The molecule has 2 amide bonds. The van der Waals surface area contributed by atoms with E-state index in [9.17, 15) is 9.59 Å². The largest absolute Gasteiger partial charge is 0.496 e. The van der Waals surface area contributed by atoms with Crippen molar-refractivity contribution >= 4 is 29.2 Å². The highest BCUT2D eigenvalue weighted by atomic mass is 35.5. The van der Waals surface area contributed by atoms with E-state index in [0.717, 1.165) is 11.3 Å². The third-order valence-electron chi connectivity index (χ3n) is 6.46. The molecule has 4 heterocycles. The summed E-state index contributed by atoms with van der Waals surface area (Å²) >= 11 is 6.36. The summed E-state index contributed by atoms with van der Waals surface area (Å²) in [4.78, 5) is 47.4. The Labute approximate surface area is 230 Å². The Balaban J connectivity index is 1.38. The second kappa shape index (κ2) is 11.9. The Kier molecular flexibility index (Phi) is 7.97. The molecule has 200 valence electrons. The summed E-state index contributed by atoms with van der Waals surface area (Å²) in [6.45, 7) is 1.31. The Morgan fingerprint density at radius 3 is 2.74 bits per heavy atom. The van der Waals surface area contributed by atoms with E-state index in [0.29, 0.717) is 43.4 Å². The number of anilines is 1. The Morgan fingerprint density at radius 1 is 1.10 bits per heavy atom. The van der Waals surface area contributed by atoms with Crippen molar-refractivity contribution in [3.63, 3.8) is 0 Å². The fourth-order valence-corrected chi connectivity index (χ4v) is 4.69. The Morgan fingerprint density at radius 2 is 1.97 bits per heavy atom. The van der Waals surface area contributed by atoms with E-state index in [1.807, 2.05) is 29.2 Å². The first kappa shape index (κ1) is 26.1. The number of benzene rings is 1. The van der Waals surface area contributed by atoms with Crippen molar-refractivity contribution in [2.45, 2.75) is 12.5 Å². The number of para-hydroxylation sites is 1. The first-order chi connectivity index (χ1) is 19.0. The molecule has 39 heavy (non-hydrogen) atoms. The Hall–Kier alpha value is -4.51. The number of ether oxygens (including phenoxy) is 1. The van der Waals surface area contributed by atoms with E-state index in [-0.39, 0.29) is 23.5 Å². The molecular formula is C27H27ClN8O3. The number of hydrogen-bond acceptors (Lipinski definition) is 8. The monoisotopic (exact) mass is 546 g/mol. The average molecular weight is 547 g/mol. The van der Waals surface area contributed by atoms with Crippen molar-refractivity contribution < 1.29 is 14.3 Å². The van der Waals surface area contributed by atoms with Crippen LogP contribution in [0.15, 0.2) is 73.6 Å². The van der Waals surface area contributed by atoms with Crippen LogP contribution in [0.4, 0.5) is 5.82 Å². The van der Waals surface area contributed by atoms with Crippen LogP contribution in [0.3, 0.4) is 0 Å². The number of nitrogens with one attached hydrogen (secondary N) is 1. The molecule has 1 aromatic carbocycles. The van der Waals surface area contributed by atoms with E-state index < -0.39 is 6.04 Å². The minimum Gasteiger partial charge on any atom is -0.496 e. The third-order valence-corrected chi connectivity index (χ3v) is 6.66. The maximum atomic E-state index is 13.6. The van der Waals surface area contributed by atoms with Crippen molar-refractivity contribution in [1.82, 2.24) is 34.7 Å². The molecule has 1 unspecified atom stereocenters. The zero-order valence-corrected chi connectivity index (χ0v) is 22.0. The molecule has 0 radical (unpaired) electrons. The van der Waals surface area contributed by atoms with Gasteiger partial charge in [-0.3, -0.25) is 19.1 Å². The molecule has 0 bridgehead atoms. The lowest BCUT2D eigenvalue weighted by atomic mass is 10.1. The number of halogens is 1. The normalized spacial score (nSPS) is 15.2. The highest BCUT2D eigenvalue weighted by Gasteiger charge is 2.36. The second-order valence-electron chi connectivity index (χ2n) is 8.87. The predicted octanol–water partition coefficient (Wildman–Crippen LogP) is 2.41. The average Bonchev–Trinajstić information content (AvgIpc) is 3.52. The van der Waals surface area contributed by atoms with Gasteiger partial charge in [-0.25, -0.2) is 9.97 Å². The molecular weight excluding hydrogens is 520 g/mol. The number of amides is 2. The van der Waals surface area contributed by atoms with Gasteiger partial charge in [0.05, 0.1) is 19.2 Å². The summed E-state index contributed by atoms with van der Waals surface area (Å²) in [5, 5.41) is 3.26. The molecule has 1 fully saturated rings. The van der Waals surface area contributed by atoms with Gasteiger partial charge in [0.1, 0.15) is 29.1 Å². The van der Waals surface area contributed by atoms with E-state index in [2.05, 4.69) is 25.3 Å². The lowest BCUT2D eigenvalue weighted by molar-refractivity contribution is -0.123. The van der Waals surface area contributed by atoms with E-state index in [1.165, 1.54) is 6.20 Å². The SMILES string of the molecule is COc1ccccc1CCNC(=O)C1CN(C(=O)c2cccnc2)CCN1c1cc(Cl)nc(-n2ccnc2)n1. The van der Waals surface area contributed by atoms with Gasteiger partial charge in [-0.05, 0) is 30.2 Å². The fraction of sp³-hybridized carbons (Fsp3) is 0.259. The van der Waals surface area contributed by atoms with Crippen LogP contribution in [0.1, 0.15) is 15.9 Å². The number of carbonyl (C=O) groups is 2. The van der Waals surface area contributed by atoms with Gasteiger partial charge in [-0.1, -0.05) is 29.8 Å². The number of imidazole rings is 1. The van der Waals surface area contributed by atoms with Gasteiger partial charge < -0.3 is 19.9 Å². The molecule has 1 saturated heterocycles. The van der Waals surface area contributed by atoms with Crippen LogP contribution in [-0.2, 0) is 11.2 Å². The number of pyridine rings is 1. The van der Waals surface area contributed by atoms with Crippen LogP contribution >= 0.6 is 11.6 Å². The summed E-state index contributed by atoms with van der Waals surface area (Å²) in [6, 6.07) is 12.0. The highest BCUT2D eigenvalue weighted by molar-refractivity contribution is 6.29. The zero-order valence-electron chi connectivity index (χ0n) is 21.3. The van der Waals surface area contributed by atoms with Crippen molar-refractivity contribution in [3.8, 4) is 11.7 Å². The number of methoxy groups -OCH3 is 1. The number of carbonyl (C=O) groups excluding carboxylic acids is 2. The maximum absolute atomic E-state index is 13.6.